The molecule has 0 aliphatic heterocycles. The number of ether oxygens (including phenoxy) is 2. The molecule has 0 unspecified atom stereocenters. The van der Waals surface area contributed by atoms with Gasteiger partial charge in [0, 0.05) is 18.4 Å². The van der Waals surface area contributed by atoms with Crippen molar-refractivity contribution in [2.24, 2.45) is 0 Å². The fourth-order valence-electron chi connectivity index (χ4n) is 2.68. The highest BCUT2D eigenvalue weighted by Gasteiger charge is 2.11. The average molecular weight is 398 g/mol. The molecule has 7 nitrogen and oxygen atoms in total. The van der Waals surface area contributed by atoms with Crippen molar-refractivity contribution in [2.75, 3.05) is 13.2 Å². The number of Topliss-reactive ketones (excluding diaryl/α,β-unsaturated/α-hetero) is 1. The second-order valence-electron chi connectivity index (χ2n) is 6.59. The van der Waals surface area contributed by atoms with Gasteiger partial charge in [-0.3, -0.25) is 25.2 Å². The summed E-state index contributed by atoms with van der Waals surface area (Å²) in [5.74, 6) is 0.171. The summed E-state index contributed by atoms with van der Waals surface area (Å²) >= 11 is 0. The molecule has 0 aromatic heterocycles. The molecule has 0 spiro atoms. The summed E-state index contributed by atoms with van der Waals surface area (Å²) in [5, 5.41) is 0. The summed E-state index contributed by atoms with van der Waals surface area (Å²) in [7, 11) is 0. The van der Waals surface area contributed by atoms with Gasteiger partial charge in [-0.25, -0.2) is 0 Å². The molecule has 0 aliphatic rings. The molecule has 0 fully saturated rings. The maximum atomic E-state index is 12.1. The highest BCUT2D eigenvalue weighted by molar-refractivity contribution is 5.98. The van der Waals surface area contributed by atoms with Gasteiger partial charge in [0.1, 0.15) is 11.5 Å². The predicted octanol–water partition coefficient (Wildman–Crippen LogP) is 2.89. The van der Waals surface area contributed by atoms with E-state index < -0.39 is 11.8 Å². The second kappa shape index (κ2) is 10.8. The van der Waals surface area contributed by atoms with E-state index in [4.69, 9.17) is 9.47 Å². The van der Waals surface area contributed by atoms with Crippen molar-refractivity contribution in [3.8, 4) is 11.5 Å². The third-order valence-corrected chi connectivity index (χ3v) is 3.97. The molecule has 29 heavy (non-hydrogen) atoms. The van der Waals surface area contributed by atoms with Crippen LogP contribution in [0.3, 0.4) is 0 Å². The van der Waals surface area contributed by atoms with Crippen molar-refractivity contribution in [2.45, 2.75) is 33.6 Å². The third kappa shape index (κ3) is 7.65. The summed E-state index contributed by atoms with van der Waals surface area (Å²) in [5.41, 5.74) is 7.13. The summed E-state index contributed by atoms with van der Waals surface area (Å²) in [6.07, 6.45) is -0.000981. The first-order valence-electron chi connectivity index (χ1n) is 9.42. The Balaban J connectivity index is 1.69. The molecular weight excluding hydrogens is 372 g/mol. The zero-order valence-corrected chi connectivity index (χ0v) is 16.9. The normalized spacial score (nSPS) is 10.2. The van der Waals surface area contributed by atoms with Gasteiger partial charge in [0.25, 0.3) is 5.91 Å². The fraction of sp³-hybridized carbons (Fsp3) is 0.318. The monoisotopic (exact) mass is 398 g/mol. The first-order valence-corrected chi connectivity index (χ1v) is 9.42. The van der Waals surface area contributed by atoms with Gasteiger partial charge in [0.15, 0.2) is 12.4 Å². The average Bonchev–Trinajstić information content (AvgIpc) is 2.69. The number of ketones is 1. The summed E-state index contributed by atoms with van der Waals surface area (Å²) in [4.78, 5) is 35.8. The van der Waals surface area contributed by atoms with Gasteiger partial charge in [0.05, 0.1) is 6.61 Å². The largest absolute Gasteiger partial charge is 0.494 e. The van der Waals surface area contributed by atoms with Crippen molar-refractivity contribution in [1.29, 1.82) is 0 Å². The van der Waals surface area contributed by atoms with E-state index in [1.54, 1.807) is 24.3 Å². The lowest BCUT2D eigenvalue weighted by Crippen LogP contribution is -2.43. The van der Waals surface area contributed by atoms with E-state index in [1.165, 1.54) is 0 Å². The summed E-state index contributed by atoms with van der Waals surface area (Å²) in [6.45, 7) is 6.08. The molecule has 0 aliphatic carbocycles. The quantitative estimate of drug-likeness (QED) is 0.500. The van der Waals surface area contributed by atoms with Crippen molar-refractivity contribution in [3.63, 3.8) is 0 Å². The van der Waals surface area contributed by atoms with E-state index in [1.807, 2.05) is 39.0 Å². The molecule has 0 saturated carbocycles. The van der Waals surface area contributed by atoms with Crippen molar-refractivity contribution >= 4 is 17.6 Å². The van der Waals surface area contributed by atoms with E-state index in [9.17, 15) is 14.4 Å². The molecule has 2 rings (SSSR count). The van der Waals surface area contributed by atoms with Crippen LogP contribution in [0.15, 0.2) is 42.5 Å². The van der Waals surface area contributed by atoms with Crippen LogP contribution in [0.1, 0.15) is 41.3 Å². The first kappa shape index (κ1) is 21.9. The topological polar surface area (TPSA) is 93.7 Å². The molecule has 0 saturated heterocycles. The molecule has 2 aromatic carbocycles. The SMILES string of the molecule is CCOc1ccc(C(=O)CCC(=O)NNC(=O)COc2cc(C)cc(C)c2)cc1. The third-order valence-electron chi connectivity index (χ3n) is 3.97. The molecule has 2 aromatic rings. The van der Waals surface area contributed by atoms with Crippen LogP contribution in [0, 0.1) is 13.8 Å². The Morgan fingerprint density at radius 1 is 0.793 bits per heavy atom. The fourth-order valence-corrected chi connectivity index (χ4v) is 2.68. The maximum absolute atomic E-state index is 12.1. The van der Waals surface area contributed by atoms with E-state index in [2.05, 4.69) is 10.9 Å². The number of amides is 2. The Kier molecular flexibility index (Phi) is 8.21. The van der Waals surface area contributed by atoms with Crippen molar-refractivity contribution in [3.05, 3.63) is 59.2 Å². The van der Waals surface area contributed by atoms with Crippen LogP contribution in [0.25, 0.3) is 0 Å². The number of hydrogen-bond donors (Lipinski definition) is 2. The standard InChI is InChI=1S/C22H26N2O5/c1-4-28-18-7-5-17(6-8-18)20(25)9-10-21(26)23-24-22(27)14-29-19-12-15(2)11-16(3)13-19/h5-8,11-13H,4,9-10,14H2,1-3H3,(H,23,26)(H,24,27). The van der Waals surface area contributed by atoms with Crippen LogP contribution >= 0.6 is 0 Å². The lowest BCUT2D eigenvalue weighted by atomic mass is 10.1. The van der Waals surface area contributed by atoms with E-state index in [0.29, 0.717) is 23.7 Å². The smallest absolute Gasteiger partial charge is 0.276 e. The maximum Gasteiger partial charge on any atom is 0.276 e. The minimum absolute atomic E-state index is 0.0365. The summed E-state index contributed by atoms with van der Waals surface area (Å²) < 4.78 is 10.7. The Bertz CT molecular complexity index is 842. The van der Waals surface area contributed by atoms with Crippen LogP contribution in [0.4, 0.5) is 0 Å². The highest BCUT2D eigenvalue weighted by Crippen LogP contribution is 2.16. The summed E-state index contributed by atoms with van der Waals surface area (Å²) in [6, 6.07) is 12.4. The van der Waals surface area contributed by atoms with Crippen molar-refractivity contribution < 1.29 is 23.9 Å². The number of rotatable bonds is 9. The van der Waals surface area contributed by atoms with Crippen LogP contribution < -0.4 is 20.3 Å². The van der Waals surface area contributed by atoms with Gasteiger partial charge in [0.2, 0.25) is 5.91 Å². The zero-order valence-electron chi connectivity index (χ0n) is 16.9. The Morgan fingerprint density at radius 2 is 1.41 bits per heavy atom. The molecule has 154 valence electrons. The Hall–Kier alpha value is -3.35. The van der Waals surface area contributed by atoms with Crippen molar-refractivity contribution in [1.82, 2.24) is 10.9 Å². The number of benzene rings is 2. The van der Waals surface area contributed by atoms with E-state index >= 15 is 0 Å². The number of carbonyl (C=O) groups excluding carboxylic acids is 3. The van der Waals surface area contributed by atoms with Crippen LogP contribution in [-0.4, -0.2) is 30.8 Å². The predicted molar refractivity (Wildman–Crippen MR) is 109 cm³/mol. The van der Waals surface area contributed by atoms with Gasteiger partial charge in [-0.15, -0.1) is 0 Å². The first-order chi connectivity index (χ1) is 13.9. The second-order valence-corrected chi connectivity index (χ2v) is 6.59. The van der Waals surface area contributed by atoms with Crippen LogP contribution in [-0.2, 0) is 9.59 Å². The highest BCUT2D eigenvalue weighted by atomic mass is 16.5. The molecule has 7 heteroatoms. The Labute approximate surface area is 170 Å². The molecule has 0 heterocycles. The van der Waals surface area contributed by atoms with Gasteiger partial charge < -0.3 is 9.47 Å². The minimum Gasteiger partial charge on any atom is -0.494 e. The number of aryl methyl sites for hydroxylation is 2. The van der Waals surface area contributed by atoms with E-state index in [-0.39, 0.29) is 25.2 Å². The van der Waals surface area contributed by atoms with E-state index in [0.717, 1.165) is 11.1 Å². The van der Waals surface area contributed by atoms with Gasteiger partial charge in [-0.05, 0) is 68.3 Å². The molecule has 0 bridgehead atoms. The molecular formula is C22H26N2O5. The number of hydrazine groups is 1. The molecule has 2 amide bonds. The molecule has 0 atom stereocenters. The minimum atomic E-state index is -0.490. The molecule has 2 N–H and O–H groups in total. The van der Waals surface area contributed by atoms with Crippen LogP contribution in [0.2, 0.25) is 0 Å². The van der Waals surface area contributed by atoms with Gasteiger partial charge in [-0.1, -0.05) is 6.07 Å². The molecule has 0 radical (unpaired) electrons. The Morgan fingerprint density at radius 3 is 2.03 bits per heavy atom. The number of carbonyl (C=O) groups is 3. The lowest BCUT2D eigenvalue weighted by Gasteiger charge is -2.10. The van der Waals surface area contributed by atoms with Crippen LogP contribution in [0.5, 0.6) is 11.5 Å². The number of nitrogens with one attached hydrogen (secondary N) is 2. The number of hydrogen-bond acceptors (Lipinski definition) is 5. The van der Waals surface area contributed by atoms with Gasteiger partial charge in [-0.2, -0.15) is 0 Å². The van der Waals surface area contributed by atoms with Gasteiger partial charge >= 0.3 is 0 Å². The zero-order chi connectivity index (χ0) is 21.2. The lowest BCUT2D eigenvalue weighted by molar-refractivity contribution is -0.130.